The summed E-state index contributed by atoms with van der Waals surface area (Å²) in [6, 6.07) is 7.42. The number of rotatable bonds is 1. The molecule has 0 saturated heterocycles. The van der Waals surface area contributed by atoms with Gasteiger partial charge in [-0.15, -0.1) is 0 Å². The molecule has 0 spiro atoms. The second-order valence-corrected chi connectivity index (χ2v) is 4.52. The minimum atomic E-state index is -0.343. The molecule has 0 aliphatic rings. The van der Waals surface area contributed by atoms with Gasteiger partial charge in [0.25, 0.3) is 0 Å². The first-order valence-electron chi connectivity index (χ1n) is 5.99. The molecule has 0 atom stereocenters. The summed E-state index contributed by atoms with van der Waals surface area (Å²) in [5, 5.41) is 1.44. The van der Waals surface area contributed by atoms with Crippen molar-refractivity contribution in [3.63, 3.8) is 0 Å². The molecule has 0 aliphatic carbocycles. The van der Waals surface area contributed by atoms with Gasteiger partial charge >= 0.3 is 5.63 Å². The molecule has 0 amide bonds. The predicted octanol–water partition coefficient (Wildman–Crippen LogP) is 2.97. The highest BCUT2D eigenvalue weighted by Gasteiger charge is 2.11. The van der Waals surface area contributed by atoms with Crippen LogP contribution < -0.4 is 10.4 Å². The monoisotopic (exact) mass is 255 g/mol. The van der Waals surface area contributed by atoms with Gasteiger partial charge in [0.1, 0.15) is 11.5 Å². The van der Waals surface area contributed by atoms with E-state index in [1.165, 1.54) is 0 Å². The minimum Gasteiger partial charge on any atom is -0.497 e. The first kappa shape index (κ1) is 11.7. The lowest BCUT2D eigenvalue weighted by Crippen LogP contribution is -2.04. The molecular formula is C15H13NO3. The normalized spacial score (nSPS) is 11.1. The van der Waals surface area contributed by atoms with Crippen LogP contribution in [0, 0.1) is 13.8 Å². The second kappa shape index (κ2) is 4.09. The molecule has 2 aromatic heterocycles. The summed E-state index contributed by atoms with van der Waals surface area (Å²) in [4.78, 5) is 16.5. The first-order valence-corrected chi connectivity index (χ1v) is 5.99. The lowest BCUT2D eigenvalue weighted by Gasteiger charge is -2.08. The Morgan fingerprint density at radius 3 is 2.68 bits per heavy atom. The molecule has 3 rings (SSSR count). The minimum absolute atomic E-state index is 0.343. The van der Waals surface area contributed by atoms with Gasteiger partial charge < -0.3 is 9.15 Å². The Morgan fingerprint density at radius 2 is 1.95 bits per heavy atom. The third-order valence-corrected chi connectivity index (χ3v) is 3.28. The van der Waals surface area contributed by atoms with Crippen LogP contribution >= 0.6 is 0 Å². The fourth-order valence-corrected chi connectivity index (χ4v) is 2.33. The molecule has 4 nitrogen and oxygen atoms in total. The van der Waals surface area contributed by atoms with E-state index in [9.17, 15) is 4.79 Å². The van der Waals surface area contributed by atoms with Gasteiger partial charge in [-0.25, -0.2) is 9.78 Å². The Hall–Kier alpha value is -2.36. The second-order valence-electron chi connectivity index (χ2n) is 4.52. The number of aryl methyl sites for hydroxylation is 2. The van der Waals surface area contributed by atoms with Gasteiger partial charge in [0.05, 0.1) is 23.5 Å². The molecular weight excluding hydrogens is 242 g/mol. The topological polar surface area (TPSA) is 52.3 Å². The van der Waals surface area contributed by atoms with Crippen molar-refractivity contribution in [2.75, 3.05) is 7.11 Å². The maximum atomic E-state index is 12.0. The van der Waals surface area contributed by atoms with E-state index in [0.717, 1.165) is 22.2 Å². The van der Waals surface area contributed by atoms with E-state index in [1.54, 1.807) is 20.1 Å². The van der Waals surface area contributed by atoms with Crippen LogP contribution in [-0.2, 0) is 0 Å². The molecule has 0 bridgehead atoms. The smallest absolute Gasteiger partial charge is 0.345 e. The zero-order valence-corrected chi connectivity index (χ0v) is 11.0. The first-order chi connectivity index (χ1) is 9.10. The van der Waals surface area contributed by atoms with E-state index in [0.29, 0.717) is 16.7 Å². The average molecular weight is 255 g/mol. The molecule has 0 saturated carbocycles. The van der Waals surface area contributed by atoms with E-state index in [1.807, 2.05) is 25.1 Å². The summed E-state index contributed by atoms with van der Waals surface area (Å²) in [5.41, 5.74) is 2.04. The van der Waals surface area contributed by atoms with Crippen molar-refractivity contribution in [3.05, 3.63) is 46.0 Å². The summed E-state index contributed by atoms with van der Waals surface area (Å²) >= 11 is 0. The molecule has 3 aromatic rings. The summed E-state index contributed by atoms with van der Waals surface area (Å²) in [6.45, 7) is 3.65. The molecule has 96 valence electrons. The molecule has 0 aliphatic heterocycles. The number of pyridine rings is 1. The van der Waals surface area contributed by atoms with E-state index in [4.69, 9.17) is 9.15 Å². The average Bonchev–Trinajstić information content (AvgIpc) is 2.37. The van der Waals surface area contributed by atoms with E-state index < -0.39 is 0 Å². The summed E-state index contributed by atoms with van der Waals surface area (Å²) in [5.74, 6) is 1.31. The number of fused-ring (bicyclic) bond motifs is 2. The fourth-order valence-electron chi connectivity index (χ4n) is 2.33. The lowest BCUT2D eigenvalue weighted by molar-refractivity contribution is 0.415. The van der Waals surface area contributed by atoms with Crippen molar-refractivity contribution in [2.45, 2.75) is 13.8 Å². The van der Waals surface area contributed by atoms with Crippen molar-refractivity contribution < 1.29 is 9.15 Å². The number of nitrogens with zero attached hydrogens (tertiary/aromatic N) is 1. The van der Waals surface area contributed by atoms with Crippen molar-refractivity contribution in [3.8, 4) is 5.75 Å². The molecule has 0 N–H and O–H groups in total. The standard InChI is InChI=1S/C15H13NO3/c1-8-6-13-14(15(17)19-8)9(2)11-7-10(18-3)4-5-12(11)16-13/h4-7H,1-3H3. The molecule has 2 heterocycles. The zero-order chi connectivity index (χ0) is 13.6. The van der Waals surface area contributed by atoms with Crippen LogP contribution in [0.3, 0.4) is 0 Å². The number of ether oxygens (including phenoxy) is 1. The number of benzene rings is 1. The van der Waals surface area contributed by atoms with Crippen LogP contribution in [0.1, 0.15) is 11.3 Å². The van der Waals surface area contributed by atoms with Gasteiger partial charge in [-0.3, -0.25) is 0 Å². The quantitative estimate of drug-likeness (QED) is 0.627. The van der Waals surface area contributed by atoms with E-state index >= 15 is 0 Å². The predicted molar refractivity (Wildman–Crippen MR) is 73.8 cm³/mol. The van der Waals surface area contributed by atoms with Crippen LogP contribution in [0.25, 0.3) is 21.8 Å². The van der Waals surface area contributed by atoms with Crippen LogP contribution in [0.5, 0.6) is 5.75 Å². The number of hydrogen-bond donors (Lipinski definition) is 0. The van der Waals surface area contributed by atoms with Crippen LogP contribution in [0.15, 0.2) is 33.5 Å². The van der Waals surface area contributed by atoms with Gasteiger partial charge in [0.15, 0.2) is 0 Å². The van der Waals surface area contributed by atoms with Crippen molar-refractivity contribution in [1.82, 2.24) is 4.98 Å². The summed E-state index contributed by atoms with van der Waals surface area (Å²) < 4.78 is 10.4. The summed E-state index contributed by atoms with van der Waals surface area (Å²) in [6.07, 6.45) is 0. The van der Waals surface area contributed by atoms with Crippen molar-refractivity contribution >= 4 is 21.8 Å². The van der Waals surface area contributed by atoms with Crippen LogP contribution in [0.4, 0.5) is 0 Å². The highest BCUT2D eigenvalue weighted by Crippen LogP contribution is 2.26. The lowest BCUT2D eigenvalue weighted by atomic mass is 10.1. The van der Waals surface area contributed by atoms with E-state index in [2.05, 4.69) is 4.98 Å². The number of hydrogen-bond acceptors (Lipinski definition) is 4. The van der Waals surface area contributed by atoms with Crippen LogP contribution in [0.2, 0.25) is 0 Å². The Bertz CT molecular complexity index is 849. The third kappa shape index (κ3) is 1.76. The molecule has 4 heteroatoms. The van der Waals surface area contributed by atoms with Gasteiger partial charge in [0.2, 0.25) is 0 Å². The van der Waals surface area contributed by atoms with Gasteiger partial charge in [-0.1, -0.05) is 0 Å². The maximum Gasteiger partial charge on any atom is 0.345 e. The van der Waals surface area contributed by atoms with Gasteiger partial charge in [-0.05, 0) is 37.6 Å². The highest BCUT2D eigenvalue weighted by atomic mass is 16.5. The Balaban J connectivity index is 2.53. The van der Waals surface area contributed by atoms with Gasteiger partial charge in [-0.2, -0.15) is 0 Å². The number of aromatic nitrogens is 1. The largest absolute Gasteiger partial charge is 0.497 e. The number of methoxy groups -OCH3 is 1. The highest BCUT2D eigenvalue weighted by molar-refractivity contribution is 5.97. The Labute approximate surface area is 109 Å². The SMILES string of the molecule is COc1ccc2nc3cc(C)oc(=O)c3c(C)c2c1. The zero-order valence-electron chi connectivity index (χ0n) is 11.0. The molecule has 1 aromatic carbocycles. The molecule has 0 unspecified atom stereocenters. The molecule has 0 radical (unpaired) electrons. The maximum absolute atomic E-state index is 12.0. The molecule has 19 heavy (non-hydrogen) atoms. The van der Waals surface area contributed by atoms with Crippen molar-refractivity contribution in [1.29, 1.82) is 0 Å². The molecule has 0 fully saturated rings. The van der Waals surface area contributed by atoms with Crippen molar-refractivity contribution in [2.24, 2.45) is 0 Å². The Morgan fingerprint density at radius 1 is 1.16 bits per heavy atom. The fraction of sp³-hybridized carbons (Fsp3) is 0.200. The van der Waals surface area contributed by atoms with E-state index in [-0.39, 0.29) is 5.63 Å². The van der Waals surface area contributed by atoms with Gasteiger partial charge in [0, 0.05) is 11.5 Å². The summed E-state index contributed by atoms with van der Waals surface area (Å²) in [7, 11) is 1.61. The Kier molecular flexibility index (Phi) is 2.52. The van der Waals surface area contributed by atoms with Crippen LogP contribution in [-0.4, -0.2) is 12.1 Å². The third-order valence-electron chi connectivity index (χ3n) is 3.28.